The van der Waals surface area contributed by atoms with E-state index in [-0.39, 0.29) is 11.9 Å². The predicted molar refractivity (Wildman–Crippen MR) is 90.6 cm³/mol. The molecule has 1 aliphatic heterocycles. The molecule has 0 aliphatic carbocycles. The molecule has 110 valence electrons. The molecular weight excluding hydrogens is 348 g/mol. The lowest BCUT2D eigenvalue weighted by atomic mass is 9.97. The number of hydrogen-bond donors (Lipinski definition) is 1. The summed E-state index contributed by atoms with van der Waals surface area (Å²) in [6.07, 6.45) is 1.87. The maximum atomic E-state index is 12.9. The number of nitrogens with zero attached hydrogens (tertiary/aromatic N) is 1. The molecule has 1 aromatic heterocycles. The Morgan fingerprint density at radius 3 is 3.05 bits per heavy atom. The second-order valence-electron chi connectivity index (χ2n) is 5.18. The topological polar surface area (TPSA) is 46.3 Å². The van der Waals surface area contributed by atoms with E-state index in [1.807, 2.05) is 17.0 Å². The number of thiophene rings is 1. The minimum Gasteiger partial charge on any atom is -0.398 e. The fourth-order valence-corrected chi connectivity index (χ4v) is 4.31. The summed E-state index contributed by atoms with van der Waals surface area (Å²) >= 11 is 5.24. The van der Waals surface area contributed by atoms with Crippen LogP contribution in [0.25, 0.3) is 0 Å². The number of rotatable bonds is 2. The molecule has 0 saturated carbocycles. The van der Waals surface area contributed by atoms with E-state index >= 15 is 0 Å². The van der Waals surface area contributed by atoms with Gasteiger partial charge in [0.25, 0.3) is 5.91 Å². The lowest BCUT2D eigenvalue weighted by Crippen LogP contribution is -2.39. The minimum absolute atomic E-state index is 0.0536. The third-order valence-electron chi connectivity index (χ3n) is 4.00. The summed E-state index contributed by atoms with van der Waals surface area (Å²) in [5.74, 6) is 0.0536. The van der Waals surface area contributed by atoms with Crippen LogP contribution < -0.4 is 5.73 Å². The quantitative estimate of drug-likeness (QED) is 0.809. The van der Waals surface area contributed by atoms with Gasteiger partial charge in [0.2, 0.25) is 0 Å². The number of amides is 1. The van der Waals surface area contributed by atoms with Crippen LogP contribution in [-0.2, 0) is 6.42 Å². The van der Waals surface area contributed by atoms with Gasteiger partial charge >= 0.3 is 0 Å². The Balaban J connectivity index is 1.97. The molecule has 0 spiro atoms. The summed E-state index contributed by atoms with van der Waals surface area (Å²) in [4.78, 5) is 16.3. The Kier molecular flexibility index (Phi) is 4.04. The van der Waals surface area contributed by atoms with Crippen molar-refractivity contribution in [1.29, 1.82) is 0 Å². The van der Waals surface area contributed by atoms with Crippen LogP contribution in [0.15, 0.2) is 34.1 Å². The van der Waals surface area contributed by atoms with E-state index in [0.717, 1.165) is 19.4 Å². The van der Waals surface area contributed by atoms with Gasteiger partial charge in [-0.05, 0) is 57.9 Å². The molecule has 2 N–H and O–H groups in total. The van der Waals surface area contributed by atoms with Gasteiger partial charge in [0.15, 0.2) is 0 Å². The monoisotopic (exact) mass is 364 g/mol. The molecule has 0 fully saturated rings. The van der Waals surface area contributed by atoms with Crippen molar-refractivity contribution < 1.29 is 4.79 Å². The average molecular weight is 365 g/mol. The van der Waals surface area contributed by atoms with Crippen LogP contribution in [0.4, 0.5) is 5.69 Å². The Labute approximate surface area is 136 Å². The number of carbonyl (C=O) groups excluding carboxylic acids is 1. The molecule has 1 amide bonds. The van der Waals surface area contributed by atoms with E-state index in [0.29, 0.717) is 15.7 Å². The van der Waals surface area contributed by atoms with Gasteiger partial charge in [-0.3, -0.25) is 4.79 Å². The van der Waals surface area contributed by atoms with Gasteiger partial charge in [0.1, 0.15) is 0 Å². The van der Waals surface area contributed by atoms with E-state index < -0.39 is 0 Å². The lowest BCUT2D eigenvalue weighted by Gasteiger charge is -2.35. The molecule has 0 bridgehead atoms. The van der Waals surface area contributed by atoms with E-state index in [1.54, 1.807) is 17.4 Å². The van der Waals surface area contributed by atoms with E-state index in [4.69, 9.17) is 5.73 Å². The zero-order chi connectivity index (χ0) is 15.0. The highest BCUT2D eigenvalue weighted by Gasteiger charge is 2.31. The molecule has 1 unspecified atom stereocenters. The maximum Gasteiger partial charge on any atom is 0.255 e. The normalized spacial score (nSPS) is 17.6. The summed E-state index contributed by atoms with van der Waals surface area (Å²) in [5.41, 5.74) is 8.45. The number of fused-ring (bicyclic) bond motifs is 1. The summed E-state index contributed by atoms with van der Waals surface area (Å²) < 4.78 is 0.695. The SMILES string of the molecule is CCC1c2ccsc2CCN1C(=O)c1cccc(N)c1Br. The first-order valence-corrected chi connectivity index (χ1v) is 8.72. The molecule has 5 heteroatoms. The van der Waals surface area contributed by atoms with Gasteiger partial charge < -0.3 is 10.6 Å². The second-order valence-corrected chi connectivity index (χ2v) is 6.97. The number of hydrogen-bond acceptors (Lipinski definition) is 3. The van der Waals surface area contributed by atoms with E-state index in [9.17, 15) is 4.79 Å². The highest BCUT2D eigenvalue weighted by atomic mass is 79.9. The maximum absolute atomic E-state index is 12.9. The molecule has 1 aliphatic rings. The molecular formula is C16H17BrN2OS. The van der Waals surface area contributed by atoms with Crippen LogP contribution in [0, 0.1) is 0 Å². The number of nitrogen functional groups attached to an aromatic ring is 1. The number of nitrogens with two attached hydrogens (primary N) is 1. The minimum atomic E-state index is 0.0536. The van der Waals surface area contributed by atoms with Gasteiger partial charge in [-0.2, -0.15) is 0 Å². The van der Waals surface area contributed by atoms with Crippen molar-refractivity contribution in [3.8, 4) is 0 Å². The van der Waals surface area contributed by atoms with Crippen molar-refractivity contribution in [2.24, 2.45) is 0 Å². The molecule has 2 heterocycles. The molecule has 0 radical (unpaired) electrons. The standard InChI is InChI=1S/C16H17BrN2OS/c1-2-13-10-7-9-21-14(10)6-8-19(13)16(20)11-4-3-5-12(18)15(11)17/h3-5,7,9,13H,2,6,8,18H2,1H3. The van der Waals surface area contributed by atoms with Gasteiger partial charge in [0.05, 0.1) is 16.1 Å². The van der Waals surface area contributed by atoms with Crippen molar-refractivity contribution >= 4 is 38.9 Å². The largest absolute Gasteiger partial charge is 0.398 e. The number of halogens is 1. The van der Waals surface area contributed by atoms with Gasteiger partial charge in [0, 0.05) is 17.1 Å². The Morgan fingerprint density at radius 2 is 2.29 bits per heavy atom. The van der Waals surface area contributed by atoms with Crippen LogP contribution in [0.1, 0.15) is 40.2 Å². The Bertz CT molecular complexity index is 683. The average Bonchev–Trinajstić information content (AvgIpc) is 2.96. The first-order chi connectivity index (χ1) is 10.1. The van der Waals surface area contributed by atoms with Gasteiger partial charge in [-0.1, -0.05) is 13.0 Å². The number of anilines is 1. The summed E-state index contributed by atoms with van der Waals surface area (Å²) in [6, 6.07) is 7.78. The zero-order valence-corrected chi connectivity index (χ0v) is 14.2. The smallest absolute Gasteiger partial charge is 0.255 e. The molecule has 3 rings (SSSR count). The summed E-state index contributed by atoms with van der Waals surface area (Å²) in [6.45, 7) is 2.90. The molecule has 0 saturated heterocycles. The van der Waals surface area contributed by atoms with Crippen molar-refractivity contribution in [1.82, 2.24) is 4.90 Å². The molecule has 1 aromatic carbocycles. The fraction of sp³-hybridized carbons (Fsp3) is 0.312. The summed E-state index contributed by atoms with van der Waals surface area (Å²) in [5, 5.41) is 2.12. The van der Waals surface area contributed by atoms with Crippen LogP contribution in [0.2, 0.25) is 0 Å². The van der Waals surface area contributed by atoms with E-state index in [1.165, 1.54) is 10.4 Å². The highest BCUT2D eigenvalue weighted by molar-refractivity contribution is 9.10. The first-order valence-electron chi connectivity index (χ1n) is 7.04. The molecule has 3 nitrogen and oxygen atoms in total. The Morgan fingerprint density at radius 1 is 1.48 bits per heavy atom. The third-order valence-corrected chi connectivity index (χ3v) is 5.88. The number of carbonyl (C=O) groups is 1. The zero-order valence-electron chi connectivity index (χ0n) is 11.8. The molecule has 21 heavy (non-hydrogen) atoms. The Hall–Kier alpha value is -1.33. The third kappa shape index (κ3) is 2.49. The van der Waals surface area contributed by atoms with Crippen LogP contribution in [-0.4, -0.2) is 17.4 Å². The van der Waals surface area contributed by atoms with Crippen molar-refractivity contribution in [2.45, 2.75) is 25.8 Å². The van der Waals surface area contributed by atoms with Crippen molar-refractivity contribution in [2.75, 3.05) is 12.3 Å². The highest BCUT2D eigenvalue weighted by Crippen LogP contribution is 2.37. The fourth-order valence-electron chi connectivity index (χ4n) is 2.95. The van der Waals surface area contributed by atoms with Crippen LogP contribution >= 0.6 is 27.3 Å². The van der Waals surface area contributed by atoms with Gasteiger partial charge in [-0.25, -0.2) is 0 Å². The van der Waals surface area contributed by atoms with Crippen LogP contribution in [0.3, 0.4) is 0 Å². The van der Waals surface area contributed by atoms with E-state index in [2.05, 4.69) is 34.3 Å². The molecule has 1 atom stereocenters. The van der Waals surface area contributed by atoms with Crippen LogP contribution in [0.5, 0.6) is 0 Å². The van der Waals surface area contributed by atoms with Crippen molar-refractivity contribution in [3.05, 3.63) is 50.1 Å². The second kappa shape index (κ2) is 5.81. The summed E-state index contributed by atoms with van der Waals surface area (Å²) in [7, 11) is 0. The first kappa shape index (κ1) is 14.6. The lowest BCUT2D eigenvalue weighted by molar-refractivity contribution is 0.0656. The number of benzene rings is 1. The van der Waals surface area contributed by atoms with Gasteiger partial charge in [-0.15, -0.1) is 11.3 Å². The van der Waals surface area contributed by atoms with Crippen molar-refractivity contribution in [3.63, 3.8) is 0 Å². The predicted octanol–water partition coefficient (Wildman–Crippen LogP) is 4.24. The molecule has 2 aromatic rings.